The second-order valence-corrected chi connectivity index (χ2v) is 6.98. The van der Waals surface area contributed by atoms with Gasteiger partial charge in [-0.05, 0) is 43.7 Å². The lowest BCUT2D eigenvalue weighted by molar-refractivity contribution is -0.152. The zero-order chi connectivity index (χ0) is 19.9. The third-order valence-corrected chi connectivity index (χ3v) is 4.00. The van der Waals surface area contributed by atoms with Crippen molar-refractivity contribution in [1.82, 2.24) is 5.32 Å². The predicted molar refractivity (Wildman–Crippen MR) is 107 cm³/mol. The summed E-state index contributed by atoms with van der Waals surface area (Å²) in [6, 6.07) is 15.4. The number of hydrogen-bond acceptors (Lipinski definition) is 5. The second-order valence-electron chi connectivity index (χ2n) is 6.98. The van der Waals surface area contributed by atoms with Gasteiger partial charge in [-0.15, -0.1) is 0 Å². The van der Waals surface area contributed by atoms with E-state index in [1.54, 1.807) is 6.07 Å². The quantitative estimate of drug-likeness (QED) is 0.624. The SMILES string of the molecule is CN(C)c1cccc(OCCNCc2cccc(OC(C)(C)C(=O)O)c2)c1. The molecule has 6 nitrogen and oxygen atoms in total. The van der Waals surface area contributed by atoms with E-state index in [2.05, 4.69) is 5.32 Å². The largest absolute Gasteiger partial charge is 0.492 e. The third-order valence-electron chi connectivity index (χ3n) is 4.00. The summed E-state index contributed by atoms with van der Waals surface area (Å²) < 4.78 is 11.3. The molecular formula is C21H28N2O4. The van der Waals surface area contributed by atoms with Crippen LogP contribution in [0.4, 0.5) is 5.69 Å². The van der Waals surface area contributed by atoms with Gasteiger partial charge in [0.2, 0.25) is 0 Å². The first-order valence-electron chi connectivity index (χ1n) is 8.90. The maximum absolute atomic E-state index is 11.2. The van der Waals surface area contributed by atoms with Gasteiger partial charge in [-0.2, -0.15) is 0 Å². The molecule has 6 heteroatoms. The highest BCUT2D eigenvalue weighted by Crippen LogP contribution is 2.20. The first-order chi connectivity index (χ1) is 12.8. The minimum Gasteiger partial charge on any atom is -0.492 e. The molecule has 2 rings (SSSR count). The summed E-state index contributed by atoms with van der Waals surface area (Å²) in [5, 5.41) is 12.5. The smallest absolute Gasteiger partial charge is 0.347 e. The molecule has 0 heterocycles. The Bertz CT molecular complexity index is 759. The Labute approximate surface area is 160 Å². The van der Waals surface area contributed by atoms with E-state index in [-0.39, 0.29) is 0 Å². The molecule has 0 aliphatic heterocycles. The molecule has 27 heavy (non-hydrogen) atoms. The Kier molecular flexibility index (Phi) is 7.07. The van der Waals surface area contributed by atoms with Crippen LogP contribution >= 0.6 is 0 Å². The van der Waals surface area contributed by atoms with Gasteiger partial charge in [0.05, 0.1) is 0 Å². The van der Waals surface area contributed by atoms with Crippen LogP contribution < -0.4 is 19.7 Å². The Morgan fingerprint density at radius 3 is 2.52 bits per heavy atom. The molecule has 0 aromatic heterocycles. The van der Waals surface area contributed by atoms with Gasteiger partial charge in [0, 0.05) is 38.9 Å². The number of aliphatic carboxylic acids is 1. The molecule has 0 saturated heterocycles. The number of carboxylic acid groups (broad SMARTS) is 1. The van der Waals surface area contributed by atoms with Crippen LogP contribution in [0.25, 0.3) is 0 Å². The molecule has 0 fully saturated rings. The molecule has 0 unspecified atom stereocenters. The van der Waals surface area contributed by atoms with Crippen LogP contribution in [0, 0.1) is 0 Å². The standard InChI is InChI=1S/C21H28N2O4/c1-21(2,20(24)25)27-19-10-5-7-16(13-19)15-22-11-12-26-18-9-6-8-17(14-18)23(3)4/h5-10,13-14,22H,11-12,15H2,1-4H3,(H,24,25). The third kappa shape index (κ3) is 6.49. The number of ether oxygens (including phenoxy) is 2. The van der Waals surface area contributed by atoms with Crippen molar-refractivity contribution in [1.29, 1.82) is 0 Å². The number of hydrogen-bond donors (Lipinski definition) is 2. The van der Waals surface area contributed by atoms with Gasteiger partial charge in [-0.25, -0.2) is 4.79 Å². The fourth-order valence-corrected chi connectivity index (χ4v) is 2.38. The molecule has 0 aliphatic carbocycles. The van der Waals surface area contributed by atoms with Gasteiger partial charge in [-0.1, -0.05) is 18.2 Å². The minimum absolute atomic E-state index is 0.540. The lowest BCUT2D eigenvalue weighted by Gasteiger charge is -2.21. The van der Waals surface area contributed by atoms with Gasteiger partial charge >= 0.3 is 5.97 Å². The van der Waals surface area contributed by atoms with E-state index >= 15 is 0 Å². The maximum Gasteiger partial charge on any atom is 0.347 e. The summed E-state index contributed by atoms with van der Waals surface area (Å²) in [5.74, 6) is 0.384. The van der Waals surface area contributed by atoms with Crippen molar-refractivity contribution >= 4 is 11.7 Å². The molecule has 2 aromatic carbocycles. The fraction of sp³-hybridized carbons (Fsp3) is 0.381. The van der Waals surface area contributed by atoms with Crippen molar-refractivity contribution in [3.63, 3.8) is 0 Å². The van der Waals surface area contributed by atoms with Crippen LogP contribution in [0.15, 0.2) is 48.5 Å². The molecule has 0 bridgehead atoms. The van der Waals surface area contributed by atoms with E-state index in [9.17, 15) is 4.79 Å². The number of benzene rings is 2. The first kappa shape index (κ1) is 20.6. The fourth-order valence-electron chi connectivity index (χ4n) is 2.38. The van der Waals surface area contributed by atoms with Crippen LogP contribution in [0.5, 0.6) is 11.5 Å². The summed E-state index contributed by atoms with van der Waals surface area (Å²) >= 11 is 0. The van der Waals surface area contributed by atoms with Crippen molar-refractivity contribution in [2.45, 2.75) is 26.0 Å². The van der Waals surface area contributed by atoms with Crippen molar-refractivity contribution < 1.29 is 19.4 Å². The molecule has 2 N–H and O–H groups in total. The number of rotatable bonds is 10. The molecule has 0 spiro atoms. The number of carboxylic acids is 1. The Morgan fingerprint density at radius 1 is 1.11 bits per heavy atom. The lowest BCUT2D eigenvalue weighted by atomic mass is 10.1. The van der Waals surface area contributed by atoms with Crippen molar-refractivity contribution in [2.24, 2.45) is 0 Å². The lowest BCUT2D eigenvalue weighted by Crippen LogP contribution is -2.37. The summed E-state index contributed by atoms with van der Waals surface area (Å²) in [4.78, 5) is 13.2. The van der Waals surface area contributed by atoms with Gasteiger partial charge < -0.3 is 24.8 Å². The zero-order valence-electron chi connectivity index (χ0n) is 16.4. The van der Waals surface area contributed by atoms with Crippen LogP contribution in [-0.4, -0.2) is 43.9 Å². The Morgan fingerprint density at radius 2 is 1.81 bits per heavy atom. The van der Waals surface area contributed by atoms with E-state index in [4.69, 9.17) is 14.6 Å². The molecular weight excluding hydrogens is 344 g/mol. The van der Waals surface area contributed by atoms with Crippen LogP contribution in [0.3, 0.4) is 0 Å². The van der Waals surface area contributed by atoms with Gasteiger partial charge in [0.15, 0.2) is 5.60 Å². The second kappa shape index (κ2) is 9.28. The number of anilines is 1. The maximum atomic E-state index is 11.2. The average Bonchev–Trinajstić information content (AvgIpc) is 2.61. The van der Waals surface area contributed by atoms with E-state index < -0.39 is 11.6 Å². The van der Waals surface area contributed by atoms with Crippen molar-refractivity contribution in [2.75, 3.05) is 32.1 Å². The normalized spacial score (nSPS) is 11.1. The van der Waals surface area contributed by atoms with Gasteiger partial charge in [0.25, 0.3) is 0 Å². The number of nitrogens with one attached hydrogen (secondary N) is 1. The highest BCUT2D eigenvalue weighted by atomic mass is 16.5. The molecule has 2 aromatic rings. The minimum atomic E-state index is -1.26. The monoisotopic (exact) mass is 372 g/mol. The average molecular weight is 372 g/mol. The molecule has 0 aliphatic rings. The summed E-state index contributed by atoms with van der Waals surface area (Å²) in [6.45, 7) is 4.95. The van der Waals surface area contributed by atoms with E-state index in [1.165, 1.54) is 13.8 Å². The van der Waals surface area contributed by atoms with E-state index in [1.807, 2.05) is 61.5 Å². The number of carbonyl (C=O) groups is 1. The summed E-state index contributed by atoms with van der Waals surface area (Å²) in [6.07, 6.45) is 0. The predicted octanol–water partition coefficient (Wildman–Crippen LogP) is 3.16. The van der Waals surface area contributed by atoms with Crippen molar-refractivity contribution in [3.05, 3.63) is 54.1 Å². The highest BCUT2D eigenvalue weighted by molar-refractivity contribution is 5.76. The first-order valence-corrected chi connectivity index (χ1v) is 8.90. The van der Waals surface area contributed by atoms with Gasteiger partial charge in [0.1, 0.15) is 18.1 Å². The molecule has 146 valence electrons. The highest BCUT2D eigenvalue weighted by Gasteiger charge is 2.29. The van der Waals surface area contributed by atoms with Crippen molar-refractivity contribution in [3.8, 4) is 11.5 Å². The Hall–Kier alpha value is -2.73. The van der Waals surface area contributed by atoms with E-state index in [0.717, 1.165) is 17.0 Å². The molecule has 0 atom stereocenters. The molecule has 0 radical (unpaired) electrons. The topological polar surface area (TPSA) is 71.0 Å². The summed E-state index contributed by atoms with van der Waals surface area (Å²) in [7, 11) is 3.99. The molecule has 0 saturated carbocycles. The number of nitrogens with zero attached hydrogens (tertiary/aromatic N) is 1. The van der Waals surface area contributed by atoms with Gasteiger partial charge in [-0.3, -0.25) is 0 Å². The van der Waals surface area contributed by atoms with Crippen LogP contribution in [0.1, 0.15) is 19.4 Å². The van der Waals surface area contributed by atoms with Crippen LogP contribution in [0.2, 0.25) is 0 Å². The van der Waals surface area contributed by atoms with Crippen LogP contribution in [-0.2, 0) is 11.3 Å². The Balaban J connectivity index is 1.78. The van der Waals surface area contributed by atoms with E-state index in [0.29, 0.717) is 25.4 Å². The summed E-state index contributed by atoms with van der Waals surface area (Å²) in [5.41, 5.74) is 0.853. The molecule has 0 amide bonds. The zero-order valence-corrected chi connectivity index (χ0v) is 16.4.